The van der Waals surface area contributed by atoms with Gasteiger partial charge in [-0.15, -0.1) is 0 Å². The quantitative estimate of drug-likeness (QED) is 0.390. The third-order valence-corrected chi connectivity index (χ3v) is 2.42. The van der Waals surface area contributed by atoms with Crippen molar-refractivity contribution in [3.05, 3.63) is 11.6 Å². The molecule has 0 saturated carbocycles. The van der Waals surface area contributed by atoms with Crippen LogP contribution in [0.25, 0.3) is 0 Å². The van der Waals surface area contributed by atoms with Gasteiger partial charge in [-0.3, -0.25) is 4.79 Å². The lowest BCUT2D eigenvalue weighted by molar-refractivity contribution is -0.153. The molecule has 0 saturated heterocycles. The third-order valence-electron chi connectivity index (χ3n) is 2.42. The lowest BCUT2D eigenvalue weighted by atomic mass is 9.97. The van der Waals surface area contributed by atoms with E-state index in [2.05, 4.69) is 33.8 Å². The Morgan fingerprint density at radius 1 is 1.18 bits per heavy atom. The fraction of sp³-hybridized carbons (Fsp3) is 0.714. The maximum Gasteiger partial charge on any atom is 0.374 e. The predicted octanol–water partition coefficient (Wildman–Crippen LogP) is 3.14. The van der Waals surface area contributed by atoms with Gasteiger partial charge in [0.25, 0.3) is 0 Å². The number of hydrogen-bond donors (Lipinski definition) is 0. The second-order valence-electron chi connectivity index (χ2n) is 5.05. The average Bonchev–Trinajstić information content (AvgIpc) is 2.15. The number of ether oxygens (including phenoxy) is 1. The molecular weight excluding hydrogens is 216 g/mol. The fourth-order valence-corrected chi connectivity index (χ4v) is 1.74. The maximum absolute atomic E-state index is 10.9. The Morgan fingerprint density at radius 2 is 1.76 bits per heavy atom. The molecule has 0 amide bonds. The Balaban J connectivity index is 3.84. The summed E-state index contributed by atoms with van der Waals surface area (Å²) in [4.78, 5) is 21.5. The molecule has 3 heteroatoms. The molecule has 1 unspecified atom stereocenters. The van der Waals surface area contributed by atoms with Gasteiger partial charge in [-0.05, 0) is 31.6 Å². The SMILES string of the molecule is CC(=O)C(=O)OCCC(C)CC(C)=CC(C)C. The van der Waals surface area contributed by atoms with Crippen molar-refractivity contribution in [1.29, 1.82) is 0 Å². The lowest BCUT2D eigenvalue weighted by Gasteiger charge is -2.12. The number of hydrogen-bond acceptors (Lipinski definition) is 3. The molecule has 0 aliphatic rings. The highest BCUT2D eigenvalue weighted by Gasteiger charge is 2.10. The highest BCUT2D eigenvalue weighted by atomic mass is 16.5. The molecule has 1 atom stereocenters. The summed E-state index contributed by atoms with van der Waals surface area (Å²) in [6, 6.07) is 0. The second-order valence-corrected chi connectivity index (χ2v) is 5.05. The first-order valence-electron chi connectivity index (χ1n) is 6.18. The topological polar surface area (TPSA) is 43.4 Å². The first-order chi connectivity index (χ1) is 7.82. The van der Waals surface area contributed by atoms with Gasteiger partial charge < -0.3 is 4.74 Å². The van der Waals surface area contributed by atoms with E-state index >= 15 is 0 Å². The Bertz CT molecular complexity index is 290. The summed E-state index contributed by atoms with van der Waals surface area (Å²) in [6.07, 6.45) is 4.05. The highest BCUT2D eigenvalue weighted by molar-refractivity contribution is 6.32. The van der Waals surface area contributed by atoms with Crippen molar-refractivity contribution < 1.29 is 14.3 Å². The Labute approximate surface area is 104 Å². The summed E-state index contributed by atoms with van der Waals surface area (Å²) < 4.78 is 4.83. The van der Waals surface area contributed by atoms with Gasteiger partial charge in [0.2, 0.25) is 5.78 Å². The van der Waals surface area contributed by atoms with E-state index in [4.69, 9.17) is 4.74 Å². The van der Waals surface area contributed by atoms with E-state index in [1.54, 1.807) is 0 Å². The standard InChI is InChI=1S/C14H24O3/c1-10(2)8-12(4)9-11(3)6-7-17-14(16)13(5)15/h8,10-11H,6-7,9H2,1-5H3. The Hall–Kier alpha value is -1.12. The van der Waals surface area contributed by atoms with E-state index in [0.29, 0.717) is 18.4 Å². The zero-order valence-electron chi connectivity index (χ0n) is 11.6. The summed E-state index contributed by atoms with van der Waals surface area (Å²) in [7, 11) is 0. The number of allylic oxidation sites excluding steroid dienone is 2. The molecule has 0 aromatic carbocycles. The van der Waals surface area contributed by atoms with Gasteiger partial charge in [-0.25, -0.2) is 4.79 Å². The third kappa shape index (κ3) is 8.66. The fourth-order valence-electron chi connectivity index (χ4n) is 1.74. The minimum absolute atomic E-state index is 0.328. The van der Waals surface area contributed by atoms with Gasteiger partial charge in [0, 0.05) is 6.92 Å². The van der Waals surface area contributed by atoms with Gasteiger partial charge in [-0.2, -0.15) is 0 Å². The zero-order valence-corrected chi connectivity index (χ0v) is 11.6. The van der Waals surface area contributed by atoms with E-state index in [-0.39, 0.29) is 0 Å². The van der Waals surface area contributed by atoms with Crippen LogP contribution in [0.3, 0.4) is 0 Å². The van der Waals surface area contributed by atoms with Crippen molar-refractivity contribution in [3.8, 4) is 0 Å². The average molecular weight is 240 g/mol. The van der Waals surface area contributed by atoms with Crippen molar-refractivity contribution in [3.63, 3.8) is 0 Å². The van der Waals surface area contributed by atoms with Crippen molar-refractivity contribution in [2.75, 3.05) is 6.61 Å². The van der Waals surface area contributed by atoms with E-state index in [1.165, 1.54) is 12.5 Å². The predicted molar refractivity (Wildman–Crippen MR) is 68.6 cm³/mol. The molecule has 0 bridgehead atoms. The normalized spacial score (nSPS) is 13.6. The monoisotopic (exact) mass is 240 g/mol. The molecule has 0 rings (SSSR count). The first kappa shape index (κ1) is 15.9. The van der Waals surface area contributed by atoms with E-state index < -0.39 is 11.8 Å². The van der Waals surface area contributed by atoms with Crippen LogP contribution in [-0.4, -0.2) is 18.4 Å². The summed E-state index contributed by atoms with van der Waals surface area (Å²) >= 11 is 0. The molecule has 98 valence electrons. The maximum atomic E-state index is 10.9. The highest BCUT2D eigenvalue weighted by Crippen LogP contribution is 2.16. The summed E-state index contributed by atoms with van der Waals surface area (Å²) in [6.45, 7) is 10.1. The van der Waals surface area contributed by atoms with E-state index in [0.717, 1.165) is 12.8 Å². The molecule has 3 nitrogen and oxygen atoms in total. The summed E-state index contributed by atoms with van der Waals surface area (Å²) in [5, 5.41) is 0. The number of carbonyl (C=O) groups is 2. The molecule has 0 radical (unpaired) electrons. The van der Waals surface area contributed by atoms with Gasteiger partial charge in [0.1, 0.15) is 0 Å². The first-order valence-corrected chi connectivity index (χ1v) is 6.18. The molecular formula is C14H24O3. The van der Waals surface area contributed by atoms with Crippen LogP contribution in [0.2, 0.25) is 0 Å². The van der Waals surface area contributed by atoms with Crippen LogP contribution in [0.4, 0.5) is 0 Å². The molecule has 0 aliphatic heterocycles. The van der Waals surface area contributed by atoms with Gasteiger partial charge in [-0.1, -0.05) is 32.4 Å². The largest absolute Gasteiger partial charge is 0.460 e. The molecule has 0 N–H and O–H groups in total. The van der Waals surface area contributed by atoms with Crippen LogP contribution >= 0.6 is 0 Å². The van der Waals surface area contributed by atoms with Crippen molar-refractivity contribution in [2.24, 2.45) is 11.8 Å². The number of ketones is 1. The van der Waals surface area contributed by atoms with Crippen LogP contribution in [0.15, 0.2) is 11.6 Å². The van der Waals surface area contributed by atoms with Gasteiger partial charge in [0.05, 0.1) is 6.61 Å². The van der Waals surface area contributed by atoms with Gasteiger partial charge in [0.15, 0.2) is 0 Å². The van der Waals surface area contributed by atoms with Gasteiger partial charge >= 0.3 is 5.97 Å². The molecule has 0 heterocycles. The molecule has 0 aromatic rings. The molecule has 17 heavy (non-hydrogen) atoms. The smallest absolute Gasteiger partial charge is 0.374 e. The van der Waals surface area contributed by atoms with Crippen LogP contribution < -0.4 is 0 Å². The van der Waals surface area contributed by atoms with Crippen molar-refractivity contribution >= 4 is 11.8 Å². The lowest BCUT2D eigenvalue weighted by Crippen LogP contribution is -2.15. The summed E-state index contributed by atoms with van der Waals surface area (Å²) in [5.74, 6) is -0.234. The van der Waals surface area contributed by atoms with Crippen LogP contribution in [0, 0.1) is 11.8 Å². The number of esters is 1. The molecule has 0 spiro atoms. The Kier molecular flexibility index (Phi) is 7.51. The number of rotatable bonds is 7. The van der Waals surface area contributed by atoms with Crippen LogP contribution in [-0.2, 0) is 14.3 Å². The molecule has 0 aromatic heterocycles. The summed E-state index contributed by atoms with van der Waals surface area (Å²) in [5.41, 5.74) is 1.37. The molecule has 0 fully saturated rings. The van der Waals surface area contributed by atoms with Crippen LogP contribution in [0.1, 0.15) is 47.5 Å². The number of carbonyl (C=O) groups excluding carboxylic acids is 2. The van der Waals surface area contributed by atoms with Crippen LogP contribution in [0.5, 0.6) is 0 Å². The molecule has 0 aliphatic carbocycles. The van der Waals surface area contributed by atoms with Crippen molar-refractivity contribution in [2.45, 2.75) is 47.5 Å². The minimum atomic E-state index is -0.730. The van der Waals surface area contributed by atoms with E-state index in [9.17, 15) is 9.59 Å². The van der Waals surface area contributed by atoms with Crippen molar-refractivity contribution in [1.82, 2.24) is 0 Å². The minimum Gasteiger partial charge on any atom is -0.460 e. The Morgan fingerprint density at radius 3 is 2.24 bits per heavy atom. The second kappa shape index (κ2) is 8.04. The zero-order chi connectivity index (χ0) is 13.4. The van der Waals surface area contributed by atoms with E-state index in [1.807, 2.05) is 0 Å². The number of Topliss-reactive ketones (excluding diaryl/α,β-unsaturated/α-hetero) is 1.